The highest BCUT2D eigenvalue weighted by molar-refractivity contribution is 8.18. The van der Waals surface area contributed by atoms with E-state index in [4.69, 9.17) is 13.9 Å². The summed E-state index contributed by atoms with van der Waals surface area (Å²) in [6.07, 6.45) is 11.8. The second-order valence-electron chi connectivity index (χ2n) is 11.0. The van der Waals surface area contributed by atoms with Crippen molar-refractivity contribution in [3.05, 3.63) is 12.2 Å². The van der Waals surface area contributed by atoms with E-state index in [1.807, 2.05) is 0 Å². The summed E-state index contributed by atoms with van der Waals surface area (Å²) < 4.78 is 18.8. The Hall–Kier alpha value is 0.537. The molecular weight excluding hydrogens is 416 g/mol. The third kappa shape index (κ3) is 3.82. The van der Waals surface area contributed by atoms with Crippen molar-refractivity contribution in [1.82, 2.24) is 0 Å². The first kappa shape index (κ1) is 22.7. The predicted molar refractivity (Wildman–Crippen MR) is 128 cm³/mol. The fourth-order valence-electron chi connectivity index (χ4n) is 6.02. The summed E-state index contributed by atoms with van der Waals surface area (Å²) in [6.45, 7) is 12.4. The number of hydrogen-bond donors (Lipinski definition) is 0. The van der Waals surface area contributed by atoms with Crippen molar-refractivity contribution in [3.63, 3.8) is 0 Å². The van der Waals surface area contributed by atoms with Gasteiger partial charge in [-0.1, -0.05) is 32.9 Å². The van der Waals surface area contributed by atoms with Gasteiger partial charge in [-0.3, -0.25) is 0 Å². The molecule has 166 valence electrons. The smallest absolute Gasteiger partial charge is 0.192 e. The van der Waals surface area contributed by atoms with Crippen molar-refractivity contribution in [1.29, 1.82) is 0 Å². The van der Waals surface area contributed by atoms with E-state index < -0.39 is 8.32 Å². The summed E-state index contributed by atoms with van der Waals surface area (Å²) in [4.78, 5) is 0. The number of rotatable bonds is 5. The minimum Gasteiger partial charge on any atom is -0.413 e. The summed E-state index contributed by atoms with van der Waals surface area (Å²) in [5.74, 6) is 4.06. The highest BCUT2D eigenvalue weighted by Crippen LogP contribution is 2.72. The van der Waals surface area contributed by atoms with Gasteiger partial charge in [0.05, 0.1) is 16.3 Å². The molecule has 0 N–H and O–H groups in total. The number of methoxy groups -OCH3 is 1. The molecule has 2 spiro atoms. The molecule has 3 nitrogen and oxygen atoms in total. The lowest BCUT2D eigenvalue weighted by Gasteiger charge is -2.48. The molecule has 3 aliphatic carbocycles. The lowest BCUT2D eigenvalue weighted by atomic mass is 9.67. The molecule has 2 saturated carbocycles. The molecule has 1 heterocycles. The molecule has 0 aromatic rings. The van der Waals surface area contributed by atoms with Crippen LogP contribution in [0.25, 0.3) is 0 Å². The molecule has 3 fully saturated rings. The van der Waals surface area contributed by atoms with E-state index in [-0.39, 0.29) is 16.6 Å². The summed E-state index contributed by atoms with van der Waals surface area (Å²) in [5, 5.41) is 0.254. The summed E-state index contributed by atoms with van der Waals surface area (Å²) in [5.41, 5.74) is 0.208. The Morgan fingerprint density at radius 1 is 1.14 bits per heavy atom. The van der Waals surface area contributed by atoms with E-state index in [1.54, 1.807) is 7.11 Å². The third-order valence-electron chi connectivity index (χ3n) is 8.39. The van der Waals surface area contributed by atoms with Crippen LogP contribution in [-0.4, -0.2) is 50.0 Å². The Morgan fingerprint density at radius 3 is 2.52 bits per heavy atom. The van der Waals surface area contributed by atoms with Gasteiger partial charge in [-0.2, -0.15) is 0 Å². The first-order valence-corrected chi connectivity index (χ1v) is 16.3. The van der Waals surface area contributed by atoms with Gasteiger partial charge in [0.1, 0.15) is 6.79 Å². The molecule has 1 saturated heterocycles. The average molecular weight is 457 g/mol. The van der Waals surface area contributed by atoms with E-state index in [0.29, 0.717) is 22.9 Å². The van der Waals surface area contributed by atoms with Gasteiger partial charge in [-0.15, -0.1) is 23.5 Å². The molecule has 6 heteroatoms. The molecule has 0 amide bonds. The molecule has 4 rings (SSSR count). The van der Waals surface area contributed by atoms with Crippen LogP contribution in [0, 0.1) is 17.3 Å². The molecule has 0 bridgehead atoms. The zero-order valence-corrected chi connectivity index (χ0v) is 21.8. The van der Waals surface area contributed by atoms with Gasteiger partial charge in [0, 0.05) is 12.5 Å². The maximum absolute atomic E-state index is 7.19. The molecule has 0 aromatic heterocycles. The van der Waals surface area contributed by atoms with Crippen LogP contribution < -0.4 is 0 Å². The van der Waals surface area contributed by atoms with E-state index in [2.05, 4.69) is 69.5 Å². The SMILES string of the molecule is COCOC1C=CC23C(C1)CC1(SCCCS1)C2CCC3O[Si](C)(C)C(C)(C)C. The Balaban J connectivity index is 1.66. The standard InChI is InChI=1S/C23H40O3S2Si/c1-21(2,3)29(5,6)26-20-9-8-19-22(20)11-10-18(25-16-24-4)14-17(22)15-23(19)27-12-7-13-28-23/h10-11,17-20H,7-9,12-16H2,1-6H3. The quantitative estimate of drug-likeness (QED) is 0.275. The van der Waals surface area contributed by atoms with Crippen molar-refractivity contribution in [3.8, 4) is 0 Å². The van der Waals surface area contributed by atoms with Gasteiger partial charge in [0.15, 0.2) is 8.32 Å². The molecule has 5 unspecified atom stereocenters. The maximum Gasteiger partial charge on any atom is 0.192 e. The first-order chi connectivity index (χ1) is 13.6. The van der Waals surface area contributed by atoms with Crippen molar-refractivity contribution in [2.45, 2.75) is 87.3 Å². The second-order valence-corrected chi connectivity index (χ2v) is 18.8. The van der Waals surface area contributed by atoms with Crippen LogP contribution in [0.2, 0.25) is 18.1 Å². The fourth-order valence-corrected chi connectivity index (χ4v) is 11.4. The summed E-state index contributed by atoms with van der Waals surface area (Å²) in [6, 6.07) is 0. The number of fused-ring (bicyclic) bond motifs is 1. The summed E-state index contributed by atoms with van der Waals surface area (Å²) in [7, 11) is -0.0968. The van der Waals surface area contributed by atoms with Gasteiger partial charge >= 0.3 is 0 Å². The minimum atomic E-state index is -1.81. The van der Waals surface area contributed by atoms with Crippen LogP contribution in [0.1, 0.15) is 52.9 Å². The molecular formula is C23H40O3S2Si. The van der Waals surface area contributed by atoms with Gasteiger partial charge in [-0.25, -0.2) is 0 Å². The van der Waals surface area contributed by atoms with Crippen LogP contribution in [0.15, 0.2) is 12.2 Å². The highest BCUT2D eigenvalue weighted by atomic mass is 32.2. The molecule has 0 aromatic carbocycles. The zero-order chi connectivity index (χ0) is 20.9. The predicted octanol–water partition coefficient (Wildman–Crippen LogP) is 6.31. The lowest BCUT2D eigenvalue weighted by Crippen LogP contribution is -2.50. The lowest BCUT2D eigenvalue weighted by molar-refractivity contribution is -0.0744. The topological polar surface area (TPSA) is 27.7 Å². The third-order valence-corrected chi connectivity index (χ3v) is 16.4. The van der Waals surface area contributed by atoms with Crippen LogP contribution in [0.5, 0.6) is 0 Å². The van der Waals surface area contributed by atoms with Gasteiger partial charge in [0.2, 0.25) is 0 Å². The second kappa shape index (κ2) is 8.15. The fraction of sp³-hybridized carbons (Fsp3) is 0.913. The molecule has 0 radical (unpaired) electrons. The molecule has 5 atom stereocenters. The highest BCUT2D eigenvalue weighted by Gasteiger charge is 2.68. The van der Waals surface area contributed by atoms with Gasteiger partial charge in [-0.05, 0) is 73.6 Å². The van der Waals surface area contributed by atoms with E-state index in [9.17, 15) is 0 Å². The Labute approximate surface area is 187 Å². The molecule has 1 aliphatic heterocycles. The monoisotopic (exact) mass is 456 g/mol. The Kier molecular flexibility index (Phi) is 6.38. The normalized spacial score (nSPS) is 39.0. The Bertz CT molecular complexity index is 626. The first-order valence-electron chi connectivity index (χ1n) is 11.4. The van der Waals surface area contributed by atoms with E-state index in [0.717, 1.165) is 12.3 Å². The van der Waals surface area contributed by atoms with Crippen LogP contribution in [0.3, 0.4) is 0 Å². The summed E-state index contributed by atoms with van der Waals surface area (Å²) >= 11 is 4.55. The van der Waals surface area contributed by atoms with Crippen molar-refractivity contribution < 1.29 is 13.9 Å². The maximum atomic E-state index is 7.19. The van der Waals surface area contributed by atoms with Crippen molar-refractivity contribution in [2.24, 2.45) is 17.3 Å². The average Bonchev–Trinajstić information content (AvgIpc) is 3.13. The molecule has 4 aliphatic rings. The van der Waals surface area contributed by atoms with Crippen molar-refractivity contribution >= 4 is 31.8 Å². The van der Waals surface area contributed by atoms with E-state index >= 15 is 0 Å². The van der Waals surface area contributed by atoms with Crippen LogP contribution in [0.4, 0.5) is 0 Å². The van der Waals surface area contributed by atoms with Crippen molar-refractivity contribution in [2.75, 3.05) is 25.4 Å². The van der Waals surface area contributed by atoms with E-state index in [1.165, 1.54) is 37.2 Å². The Morgan fingerprint density at radius 2 is 1.86 bits per heavy atom. The zero-order valence-electron chi connectivity index (χ0n) is 19.2. The number of hydrogen-bond acceptors (Lipinski definition) is 5. The van der Waals surface area contributed by atoms with Crippen LogP contribution >= 0.6 is 23.5 Å². The van der Waals surface area contributed by atoms with Crippen LogP contribution in [-0.2, 0) is 13.9 Å². The number of ether oxygens (including phenoxy) is 2. The largest absolute Gasteiger partial charge is 0.413 e. The number of thioether (sulfide) groups is 2. The molecule has 29 heavy (non-hydrogen) atoms. The minimum absolute atomic E-state index is 0.189. The van der Waals surface area contributed by atoms with Gasteiger partial charge in [0.25, 0.3) is 0 Å². The van der Waals surface area contributed by atoms with Gasteiger partial charge < -0.3 is 13.9 Å².